The summed E-state index contributed by atoms with van der Waals surface area (Å²) in [4.78, 5) is 23.5. The Hall–Kier alpha value is -3.59. The van der Waals surface area contributed by atoms with Gasteiger partial charge in [-0.05, 0) is 30.3 Å². The Labute approximate surface area is 130 Å². The van der Waals surface area contributed by atoms with E-state index in [1.54, 1.807) is 24.3 Å². The van der Waals surface area contributed by atoms with Gasteiger partial charge in [0.05, 0.1) is 22.9 Å². The largest absolute Gasteiger partial charge is 0.478 e. The van der Waals surface area contributed by atoms with E-state index in [2.05, 4.69) is 5.32 Å². The first-order valence-corrected chi connectivity index (χ1v) is 6.66. The molecular formula is C17H10N2O4. The molecule has 0 fully saturated rings. The third-order valence-electron chi connectivity index (χ3n) is 3.28. The average Bonchev–Trinajstić information content (AvgIpc) is 2.99. The highest BCUT2D eigenvalue weighted by molar-refractivity contribution is 6.07. The lowest BCUT2D eigenvalue weighted by Crippen LogP contribution is -2.14. The molecule has 0 bridgehead atoms. The number of nitriles is 1. The minimum Gasteiger partial charge on any atom is -0.478 e. The van der Waals surface area contributed by atoms with Crippen LogP contribution in [0.25, 0.3) is 11.0 Å². The normalized spacial score (nSPS) is 10.2. The maximum atomic E-state index is 12.3. The van der Waals surface area contributed by atoms with Crippen LogP contribution in [0.3, 0.4) is 0 Å². The first-order chi connectivity index (χ1) is 11.1. The topological polar surface area (TPSA) is 103 Å². The molecule has 0 radical (unpaired) electrons. The summed E-state index contributed by atoms with van der Waals surface area (Å²) in [6.07, 6.45) is 0. The van der Waals surface area contributed by atoms with Crippen LogP contribution < -0.4 is 5.32 Å². The number of para-hydroxylation sites is 1. The van der Waals surface area contributed by atoms with Crippen LogP contribution in [0.2, 0.25) is 0 Å². The highest BCUT2D eigenvalue weighted by Crippen LogP contribution is 2.22. The Morgan fingerprint density at radius 2 is 1.91 bits per heavy atom. The summed E-state index contributed by atoms with van der Waals surface area (Å²) in [6, 6.07) is 14.6. The predicted molar refractivity (Wildman–Crippen MR) is 82.3 cm³/mol. The Bertz CT molecular complexity index is 933. The molecule has 0 aliphatic carbocycles. The number of aromatic carboxylic acids is 1. The first kappa shape index (κ1) is 14.4. The number of anilines is 1. The van der Waals surface area contributed by atoms with Crippen LogP contribution >= 0.6 is 0 Å². The zero-order chi connectivity index (χ0) is 16.4. The number of hydrogen-bond acceptors (Lipinski definition) is 4. The van der Waals surface area contributed by atoms with Crippen molar-refractivity contribution in [3.05, 3.63) is 65.4 Å². The van der Waals surface area contributed by atoms with Gasteiger partial charge in [0, 0.05) is 5.39 Å². The molecule has 0 spiro atoms. The second kappa shape index (κ2) is 5.66. The van der Waals surface area contributed by atoms with Gasteiger partial charge < -0.3 is 14.8 Å². The second-order valence-corrected chi connectivity index (χ2v) is 4.78. The number of fused-ring (bicyclic) bond motifs is 1. The Balaban J connectivity index is 1.93. The van der Waals surface area contributed by atoms with Crippen molar-refractivity contribution < 1.29 is 19.1 Å². The van der Waals surface area contributed by atoms with Gasteiger partial charge in [-0.25, -0.2) is 4.79 Å². The first-order valence-electron chi connectivity index (χ1n) is 6.66. The molecule has 23 heavy (non-hydrogen) atoms. The van der Waals surface area contributed by atoms with E-state index in [-0.39, 0.29) is 22.6 Å². The minimum absolute atomic E-state index is 0.0758. The molecule has 2 aromatic carbocycles. The van der Waals surface area contributed by atoms with Crippen LogP contribution in [0, 0.1) is 11.3 Å². The Morgan fingerprint density at radius 3 is 2.61 bits per heavy atom. The SMILES string of the molecule is N#Cc1ccc(NC(=O)c2cc3ccccc3o2)c(C(=O)O)c1. The van der Waals surface area contributed by atoms with Gasteiger partial charge in [0.1, 0.15) is 5.58 Å². The van der Waals surface area contributed by atoms with Gasteiger partial charge >= 0.3 is 5.97 Å². The smallest absolute Gasteiger partial charge is 0.337 e. The standard InChI is InChI=1S/C17H10N2O4/c18-9-10-5-6-13(12(7-10)17(21)22)19-16(20)15-8-11-3-1-2-4-14(11)23-15/h1-8H,(H,19,20)(H,21,22). The number of carbonyl (C=O) groups excluding carboxylic acids is 1. The second-order valence-electron chi connectivity index (χ2n) is 4.78. The van der Waals surface area contributed by atoms with E-state index in [4.69, 9.17) is 9.68 Å². The Kier molecular flexibility index (Phi) is 3.53. The molecule has 6 heteroatoms. The molecule has 0 saturated heterocycles. The summed E-state index contributed by atoms with van der Waals surface area (Å²) in [6.45, 7) is 0. The quantitative estimate of drug-likeness (QED) is 0.773. The van der Waals surface area contributed by atoms with Crippen molar-refractivity contribution in [2.24, 2.45) is 0 Å². The van der Waals surface area contributed by atoms with E-state index < -0.39 is 11.9 Å². The maximum absolute atomic E-state index is 12.3. The van der Waals surface area contributed by atoms with E-state index in [1.807, 2.05) is 12.1 Å². The van der Waals surface area contributed by atoms with Crippen molar-refractivity contribution in [1.29, 1.82) is 5.26 Å². The number of amides is 1. The highest BCUT2D eigenvalue weighted by Gasteiger charge is 2.17. The molecule has 0 saturated carbocycles. The van der Waals surface area contributed by atoms with Crippen molar-refractivity contribution in [3.63, 3.8) is 0 Å². The minimum atomic E-state index is -1.23. The van der Waals surface area contributed by atoms with E-state index in [9.17, 15) is 14.7 Å². The van der Waals surface area contributed by atoms with Gasteiger partial charge in [0.15, 0.2) is 5.76 Å². The lowest BCUT2D eigenvalue weighted by molar-refractivity contribution is 0.0698. The van der Waals surface area contributed by atoms with Crippen LogP contribution in [0.5, 0.6) is 0 Å². The summed E-state index contributed by atoms with van der Waals surface area (Å²) >= 11 is 0. The van der Waals surface area contributed by atoms with Crippen molar-refractivity contribution in [2.45, 2.75) is 0 Å². The number of carboxylic acid groups (broad SMARTS) is 1. The number of carbonyl (C=O) groups is 2. The summed E-state index contributed by atoms with van der Waals surface area (Å²) in [5.74, 6) is -1.72. The van der Waals surface area contributed by atoms with Gasteiger partial charge in [-0.2, -0.15) is 5.26 Å². The number of furan rings is 1. The molecule has 0 unspecified atom stereocenters. The lowest BCUT2D eigenvalue weighted by Gasteiger charge is -2.07. The van der Waals surface area contributed by atoms with Crippen LogP contribution in [-0.2, 0) is 0 Å². The zero-order valence-corrected chi connectivity index (χ0v) is 11.7. The molecule has 3 rings (SSSR count). The summed E-state index contributed by atoms with van der Waals surface area (Å²) in [7, 11) is 0. The number of nitrogens with one attached hydrogen (secondary N) is 1. The fourth-order valence-electron chi connectivity index (χ4n) is 2.18. The van der Waals surface area contributed by atoms with E-state index in [1.165, 1.54) is 18.2 Å². The number of hydrogen-bond donors (Lipinski definition) is 2. The third-order valence-corrected chi connectivity index (χ3v) is 3.28. The van der Waals surface area contributed by atoms with Crippen molar-refractivity contribution in [3.8, 4) is 6.07 Å². The molecular weight excluding hydrogens is 296 g/mol. The molecule has 1 amide bonds. The molecule has 0 atom stereocenters. The Morgan fingerprint density at radius 1 is 1.13 bits per heavy atom. The van der Waals surface area contributed by atoms with E-state index in [0.29, 0.717) is 5.58 Å². The summed E-state index contributed by atoms with van der Waals surface area (Å²) < 4.78 is 5.44. The maximum Gasteiger partial charge on any atom is 0.337 e. The van der Waals surface area contributed by atoms with Crippen molar-refractivity contribution >= 4 is 28.5 Å². The van der Waals surface area contributed by atoms with Crippen molar-refractivity contribution in [1.82, 2.24) is 0 Å². The van der Waals surface area contributed by atoms with Crippen molar-refractivity contribution in [2.75, 3.05) is 5.32 Å². The van der Waals surface area contributed by atoms with E-state index in [0.717, 1.165) is 5.39 Å². The van der Waals surface area contributed by atoms with Gasteiger partial charge in [-0.15, -0.1) is 0 Å². The summed E-state index contributed by atoms with van der Waals surface area (Å²) in [5, 5.41) is 21.3. The van der Waals surface area contributed by atoms with Gasteiger partial charge in [-0.1, -0.05) is 18.2 Å². The predicted octanol–water partition coefficient (Wildman–Crippen LogP) is 3.25. The van der Waals surface area contributed by atoms with Crippen LogP contribution in [0.15, 0.2) is 52.9 Å². The van der Waals surface area contributed by atoms with E-state index >= 15 is 0 Å². The number of rotatable bonds is 3. The fourth-order valence-corrected chi connectivity index (χ4v) is 2.18. The molecule has 3 aromatic rings. The number of carboxylic acids is 1. The van der Waals surface area contributed by atoms with Crippen LogP contribution in [0.1, 0.15) is 26.5 Å². The fraction of sp³-hybridized carbons (Fsp3) is 0. The van der Waals surface area contributed by atoms with Gasteiger partial charge in [0.2, 0.25) is 0 Å². The van der Waals surface area contributed by atoms with Gasteiger partial charge in [0.25, 0.3) is 5.91 Å². The van der Waals surface area contributed by atoms with Gasteiger partial charge in [-0.3, -0.25) is 4.79 Å². The molecule has 1 heterocycles. The molecule has 112 valence electrons. The molecule has 0 aliphatic rings. The third kappa shape index (κ3) is 2.76. The summed E-state index contributed by atoms with van der Waals surface area (Å²) in [5.41, 5.74) is 0.704. The molecule has 0 aliphatic heterocycles. The molecule has 6 nitrogen and oxygen atoms in total. The lowest BCUT2D eigenvalue weighted by atomic mass is 10.1. The van der Waals surface area contributed by atoms with Crippen LogP contribution in [-0.4, -0.2) is 17.0 Å². The average molecular weight is 306 g/mol. The monoisotopic (exact) mass is 306 g/mol. The number of nitrogens with zero attached hydrogens (tertiary/aromatic N) is 1. The number of benzene rings is 2. The highest BCUT2D eigenvalue weighted by atomic mass is 16.4. The molecule has 2 N–H and O–H groups in total. The zero-order valence-electron chi connectivity index (χ0n) is 11.7. The molecule has 1 aromatic heterocycles. The van der Waals surface area contributed by atoms with Crippen LogP contribution in [0.4, 0.5) is 5.69 Å².